The summed E-state index contributed by atoms with van der Waals surface area (Å²) in [6.45, 7) is 5.56. The second kappa shape index (κ2) is 5.36. The van der Waals surface area contributed by atoms with Gasteiger partial charge in [-0.2, -0.15) is 0 Å². The van der Waals surface area contributed by atoms with Crippen molar-refractivity contribution in [2.75, 3.05) is 26.2 Å². The van der Waals surface area contributed by atoms with Crippen molar-refractivity contribution in [2.24, 2.45) is 0 Å². The van der Waals surface area contributed by atoms with Crippen LogP contribution in [0.4, 0.5) is 5.69 Å². The highest BCUT2D eigenvalue weighted by Crippen LogP contribution is 2.32. The Hall–Kier alpha value is -1.30. The van der Waals surface area contributed by atoms with E-state index in [1.54, 1.807) is 0 Å². The fraction of sp³-hybridized carbons (Fsp3) is 0.571. The van der Waals surface area contributed by atoms with Gasteiger partial charge in [0.2, 0.25) is 0 Å². The molecule has 0 saturated heterocycles. The van der Waals surface area contributed by atoms with E-state index in [1.165, 1.54) is 0 Å². The van der Waals surface area contributed by atoms with Gasteiger partial charge in [-0.25, -0.2) is 0 Å². The van der Waals surface area contributed by atoms with Gasteiger partial charge in [0, 0.05) is 28.9 Å². The number of rotatable bonds is 4. The normalized spacial score (nSPS) is 15.2. The lowest BCUT2D eigenvalue weighted by atomic mass is 10.0. The molecular weight excluding hydrogens is 244 g/mol. The lowest BCUT2D eigenvalue weighted by molar-refractivity contribution is -0.0179. The van der Waals surface area contributed by atoms with Crippen molar-refractivity contribution in [3.63, 3.8) is 0 Å². The van der Waals surface area contributed by atoms with Gasteiger partial charge >= 0.3 is 0 Å². The first-order valence-corrected chi connectivity index (χ1v) is 6.38. The van der Waals surface area contributed by atoms with Crippen molar-refractivity contribution in [3.05, 3.63) is 23.3 Å². The van der Waals surface area contributed by atoms with Gasteiger partial charge in [-0.05, 0) is 33.0 Å². The molecule has 0 radical (unpaired) electrons. The van der Waals surface area contributed by atoms with Crippen molar-refractivity contribution in [1.82, 2.24) is 4.90 Å². The first-order valence-electron chi connectivity index (χ1n) is 6.38. The smallest absolute Gasteiger partial charge is 0.189 e. The fourth-order valence-corrected chi connectivity index (χ4v) is 2.03. The maximum Gasteiger partial charge on any atom is 0.189 e. The molecule has 0 fully saturated rings. The van der Waals surface area contributed by atoms with Crippen LogP contribution in [0.25, 0.3) is 0 Å². The predicted octanol–water partition coefficient (Wildman–Crippen LogP) is 1.34. The first-order chi connectivity index (χ1) is 8.94. The minimum atomic E-state index is -0.289. The van der Waals surface area contributed by atoms with Gasteiger partial charge < -0.3 is 20.3 Å². The van der Waals surface area contributed by atoms with E-state index in [0.717, 1.165) is 16.9 Å². The number of nitrogens with zero attached hydrogens (tertiary/aromatic N) is 1. The SMILES string of the molecule is CN(Cc1cc(N)cc2c1OCOC2)C(C)(C)CO. The summed E-state index contributed by atoms with van der Waals surface area (Å²) in [6, 6.07) is 3.81. The summed E-state index contributed by atoms with van der Waals surface area (Å²) in [4.78, 5) is 2.08. The largest absolute Gasteiger partial charge is 0.467 e. The molecule has 3 N–H and O–H groups in total. The molecule has 0 spiro atoms. The minimum absolute atomic E-state index is 0.0952. The summed E-state index contributed by atoms with van der Waals surface area (Å²) in [5, 5.41) is 9.42. The second-order valence-electron chi connectivity index (χ2n) is 5.61. The van der Waals surface area contributed by atoms with Crippen LogP contribution in [-0.2, 0) is 17.9 Å². The molecule has 0 amide bonds. The molecule has 106 valence electrons. The summed E-state index contributed by atoms with van der Waals surface area (Å²) >= 11 is 0. The summed E-state index contributed by atoms with van der Waals surface area (Å²) in [7, 11) is 1.98. The molecule has 1 aromatic rings. The highest BCUT2D eigenvalue weighted by Gasteiger charge is 2.25. The third-order valence-electron chi connectivity index (χ3n) is 3.64. The molecular formula is C14H22N2O3. The van der Waals surface area contributed by atoms with E-state index in [4.69, 9.17) is 15.2 Å². The number of hydrogen-bond acceptors (Lipinski definition) is 5. The van der Waals surface area contributed by atoms with Crippen LogP contribution in [0.1, 0.15) is 25.0 Å². The summed E-state index contributed by atoms with van der Waals surface area (Å²) < 4.78 is 10.9. The number of benzene rings is 1. The van der Waals surface area contributed by atoms with Crippen LogP contribution in [-0.4, -0.2) is 36.0 Å². The minimum Gasteiger partial charge on any atom is -0.467 e. The number of likely N-dealkylation sites (N-methyl/N-ethyl adjacent to an activating group) is 1. The average Bonchev–Trinajstić information content (AvgIpc) is 2.38. The van der Waals surface area contributed by atoms with Crippen LogP contribution in [0.3, 0.4) is 0 Å². The molecule has 0 aromatic heterocycles. The van der Waals surface area contributed by atoms with Crippen molar-refractivity contribution in [2.45, 2.75) is 32.5 Å². The van der Waals surface area contributed by atoms with E-state index in [1.807, 2.05) is 33.0 Å². The van der Waals surface area contributed by atoms with Crippen LogP contribution < -0.4 is 10.5 Å². The highest BCUT2D eigenvalue weighted by atomic mass is 16.7. The van der Waals surface area contributed by atoms with Crippen LogP contribution >= 0.6 is 0 Å². The van der Waals surface area contributed by atoms with Crippen molar-refractivity contribution < 1.29 is 14.6 Å². The third kappa shape index (κ3) is 3.00. The van der Waals surface area contributed by atoms with Crippen molar-refractivity contribution >= 4 is 5.69 Å². The first kappa shape index (κ1) is 14.1. The number of aliphatic hydroxyl groups excluding tert-OH is 1. The maximum absolute atomic E-state index is 9.42. The highest BCUT2D eigenvalue weighted by molar-refractivity contribution is 5.53. The van der Waals surface area contributed by atoms with Gasteiger partial charge in [0.1, 0.15) is 5.75 Å². The van der Waals surface area contributed by atoms with E-state index < -0.39 is 0 Å². The van der Waals surface area contributed by atoms with Crippen LogP contribution in [0.5, 0.6) is 5.75 Å². The zero-order valence-corrected chi connectivity index (χ0v) is 11.8. The molecule has 0 unspecified atom stereocenters. The Balaban J connectivity index is 2.27. The molecule has 5 nitrogen and oxygen atoms in total. The van der Waals surface area contributed by atoms with Crippen LogP contribution in [0.15, 0.2) is 12.1 Å². The molecule has 5 heteroatoms. The number of nitrogen functional groups attached to an aromatic ring is 1. The Morgan fingerprint density at radius 1 is 1.42 bits per heavy atom. The van der Waals surface area contributed by atoms with Gasteiger partial charge in [0.05, 0.1) is 13.2 Å². The molecule has 0 saturated carbocycles. The Labute approximate surface area is 113 Å². The summed E-state index contributed by atoms with van der Waals surface area (Å²) in [6.07, 6.45) is 0. The van der Waals surface area contributed by atoms with Crippen molar-refractivity contribution in [1.29, 1.82) is 0 Å². The summed E-state index contributed by atoms with van der Waals surface area (Å²) in [5.41, 5.74) is 8.35. The molecule has 1 aromatic carbocycles. The maximum atomic E-state index is 9.42. The predicted molar refractivity (Wildman–Crippen MR) is 73.8 cm³/mol. The van der Waals surface area contributed by atoms with E-state index in [2.05, 4.69) is 4.90 Å². The third-order valence-corrected chi connectivity index (χ3v) is 3.64. The molecule has 19 heavy (non-hydrogen) atoms. The fourth-order valence-electron chi connectivity index (χ4n) is 2.03. The van der Waals surface area contributed by atoms with Gasteiger partial charge in [-0.1, -0.05) is 0 Å². The number of nitrogens with two attached hydrogens (primary N) is 1. The molecule has 1 aliphatic heterocycles. The van der Waals surface area contributed by atoms with Gasteiger partial charge in [0.15, 0.2) is 6.79 Å². The van der Waals surface area contributed by atoms with Gasteiger partial charge in [0.25, 0.3) is 0 Å². The Bertz CT molecular complexity index is 460. The molecule has 2 rings (SSSR count). The zero-order chi connectivity index (χ0) is 14.0. The molecule has 0 bridgehead atoms. The van der Waals surface area contributed by atoms with Gasteiger partial charge in [-0.15, -0.1) is 0 Å². The number of hydrogen-bond donors (Lipinski definition) is 2. The lowest BCUT2D eigenvalue weighted by Gasteiger charge is -2.34. The van der Waals surface area contributed by atoms with Crippen molar-refractivity contribution in [3.8, 4) is 5.75 Å². The number of fused-ring (bicyclic) bond motifs is 1. The quantitative estimate of drug-likeness (QED) is 0.805. The van der Waals surface area contributed by atoms with Crippen LogP contribution in [0.2, 0.25) is 0 Å². The van der Waals surface area contributed by atoms with Crippen LogP contribution in [0, 0.1) is 0 Å². The van der Waals surface area contributed by atoms with E-state index in [9.17, 15) is 5.11 Å². The molecule has 0 aliphatic carbocycles. The Morgan fingerprint density at radius 3 is 2.84 bits per heavy atom. The average molecular weight is 266 g/mol. The van der Waals surface area contributed by atoms with E-state index in [-0.39, 0.29) is 18.9 Å². The Morgan fingerprint density at radius 2 is 2.16 bits per heavy atom. The second-order valence-corrected chi connectivity index (χ2v) is 5.61. The lowest BCUT2D eigenvalue weighted by Crippen LogP contribution is -2.43. The van der Waals surface area contributed by atoms with E-state index >= 15 is 0 Å². The zero-order valence-electron chi connectivity index (χ0n) is 11.8. The summed E-state index contributed by atoms with van der Waals surface area (Å²) in [5.74, 6) is 0.862. The number of ether oxygens (including phenoxy) is 2. The monoisotopic (exact) mass is 266 g/mol. The molecule has 1 heterocycles. The van der Waals surface area contributed by atoms with E-state index in [0.29, 0.717) is 18.8 Å². The molecule has 0 atom stereocenters. The molecule has 1 aliphatic rings. The Kier molecular flexibility index (Phi) is 3.99. The number of anilines is 1. The topological polar surface area (TPSA) is 68.0 Å². The van der Waals surface area contributed by atoms with Gasteiger partial charge in [-0.3, -0.25) is 4.90 Å². The standard InChI is InChI=1S/C14H22N2O3/c1-14(2,8-17)16(3)6-10-4-12(15)5-11-7-18-9-19-13(10)11/h4-5,17H,6-9,15H2,1-3H3. The number of aliphatic hydroxyl groups is 1.